The molecule has 0 aromatic heterocycles. The highest BCUT2D eigenvalue weighted by atomic mass is 31.2. The average molecular weight is 1440 g/mol. The molecule has 0 aliphatic carbocycles. The molecule has 0 amide bonds. The van der Waals surface area contributed by atoms with Crippen LogP contribution in [0, 0.1) is 0 Å². The first kappa shape index (κ1) is 95.2. The molecule has 0 spiro atoms. The van der Waals surface area contributed by atoms with Gasteiger partial charge in [0, 0.05) is 25.7 Å². The van der Waals surface area contributed by atoms with E-state index in [4.69, 9.17) is 37.0 Å². The van der Waals surface area contributed by atoms with Crippen molar-refractivity contribution < 1.29 is 80.2 Å². The normalized spacial score (nSPS) is 14.7. The summed E-state index contributed by atoms with van der Waals surface area (Å²) in [4.78, 5) is 72.8. The second-order valence-corrected chi connectivity index (χ2v) is 28.1. The first-order valence-electron chi connectivity index (χ1n) is 38.4. The smallest absolute Gasteiger partial charge is 0.462 e. The number of carbonyl (C=O) groups is 4. The minimum absolute atomic E-state index is 0.0302. The zero-order valence-corrected chi connectivity index (χ0v) is 64.1. The number of allylic oxidation sites excluding steroid dienone is 22. The van der Waals surface area contributed by atoms with E-state index in [0.29, 0.717) is 32.1 Å². The number of carbonyl (C=O) groups excluding carboxylic acids is 4. The molecule has 5 unspecified atom stereocenters. The largest absolute Gasteiger partial charge is 0.472 e. The van der Waals surface area contributed by atoms with Gasteiger partial charge in [-0.2, -0.15) is 0 Å². The monoisotopic (exact) mass is 1440 g/mol. The molecule has 0 saturated carbocycles. The van der Waals surface area contributed by atoms with Crippen LogP contribution in [0.1, 0.15) is 297 Å². The van der Waals surface area contributed by atoms with Crippen molar-refractivity contribution in [3.05, 3.63) is 134 Å². The van der Waals surface area contributed by atoms with Gasteiger partial charge in [-0.25, -0.2) is 9.13 Å². The predicted molar refractivity (Wildman–Crippen MR) is 408 cm³/mol. The van der Waals surface area contributed by atoms with E-state index < -0.39 is 97.5 Å². The Balaban J connectivity index is 5.41. The molecule has 0 aliphatic heterocycles. The Kier molecular flexibility index (Phi) is 69.1. The third-order valence-corrected chi connectivity index (χ3v) is 17.5. The van der Waals surface area contributed by atoms with Crippen LogP contribution in [0.4, 0.5) is 0 Å². The molecule has 0 heterocycles. The molecular weight excluding hydrogens is 1310 g/mol. The number of hydrogen-bond donors (Lipinski definition) is 3. The van der Waals surface area contributed by atoms with E-state index in [1.54, 1.807) is 0 Å². The Labute approximate surface area is 605 Å². The maximum absolute atomic E-state index is 13.1. The molecule has 0 aromatic rings. The summed E-state index contributed by atoms with van der Waals surface area (Å²) in [5.74, 6) is -2.31. The Morgan fingerprint density at radius 1 is 0.290 bits per heavy atom. The van der Waals surface area contributed by atoms with Gasteiger partial charge in [-0.05, 0) is 122 Å². The van der Waals surface area contributed by atoms with Crippen molar-refractivity contribution in [3.63, 3.8) is 0 Å². The molecule has 5 atom stereocenters. The molecule has 3 N–H and O–H groups in total. The fourth-order valence-corrected chi connectivity index (χ4v) is 11.4. The molecule has 0 bridgehead atoms. The van der Waals surface area contributed by atoms with Crippen molar-refractivity contribution in [2.24, 2.45) is 0 Å². The Bertz CT molecular complexity index is 2420. The minimum atomic E-state index is -5.00. The Morgan fingerprint density at radius 3 is 0.900 bits per heavy atom. The second kappa shape index (κ2) is 72.5. The summed E-state index contributed by atoms with van der Waals surface area (Å²) in [7, 11) is -9.98. The third-order valence-electron chi connectivity index (χ3n) is 15.6. The number of ether oxygens (including phenoxy) is 4. The van der Waals surface area contributed by atoms with Gasteiger partial charge in [0.05, 0.1) is 26.4 Å². The molecule has 0 rings (SSSR count). The van der Waals surface area contributed by atoms with Gasteiger partial charge in [0.15, 0.2) is 12.2 Å². The van der Waals surface area contributed by atoms with Gasteiger partial charge in [0.25, 0.3) is 0 Å². The summed E-state index contributed by atoms with van der Waals surface area (Å²) in [6.07, 6.45) is 80.3. The standard InChI is InChI=1S/C81H136O17P2/c1-5-9-13-17-21-25-29-33-35-36-37-38-40-44-46-50-54-58-62-66-79(84)92-72-77(98-81(86)68-64-60-56-52-48-42-32-28-24-20-16-12-8-4)74-96-100(89,90)94-70-75(82)69-93-99(87,88)95-73-76(97-80(85)67-63-59-55-51-47-41-31-27-23-19-15-11-7-3)71-91-78(83)65-61-57-53-49-45-43-39-34-30-26-22-18-14-10-6-2/h9-10,13-14,16,20-22,25-26,28,32-35,37-39,44,46,54,58,75-77,82H,5-8,11-12,15,17-19,23-24,27,29-31,36,40-43,45,47-53,55-57,59-74H2,1-4H3,(H,87,88)(H,89,90)/b13-9-,14-10-,20-16-,25-21-,26-22-,32-28-,35-33-,38-37-,39-34-,46-44-,58-54-. The van der Waals surface area contributed by atoms with Crippen LogP contribution >= 0.6 is 15.6 Å². The van der Waals surface area contributed by atoms with Crippen LogP contribution in [0.2, 0.25) is 0 Å². The number of unbranched alkanes of at least 4 members (excludes halogenated alkanes) is 23. The van der Waals surface area contributed by atoms with E-state index in [0.717, 1.165) is 161 Å². The first-order valence-corrected chi connectivity index (χ1v) is 41.4. The molecular formula is C81H136O17P2. The molecule has 17 nitrogen and oxygen atoms in total. The number of aliphatic hydroxyl groups excluding tert-OH is 1. The van der Waals surface area contributed by atoms with Crippen LogP contribution < -0.4 is 0 Å². The van der Waals surface area contributed by atoms with Gasteiger partial charge in [0.2, 0.25) is 0 Å². The predicted octanol–water partition coefficient (Wildman–Crippen LogP) is 22.1. The quantitative estimate of drug-likeness (QED) is 0.0169. The molecule has 0 fully saturated rings. The van der Waals surface area contributed by atoms with Crippen LogP contribution in [-0.4, -0.2) is 96.7 Å². The van der Waals surface area contributed by atoms with Crippen LogP contribution in [-0.2, 0) is 65.4 Å². The van der Waals surface area contributed by atoms with Crippen LogP contribution in [0.5, 0.6) is 0 Å². The molecule has 19 heteroatoms. The summed E-state index contributed by atoms with van der Waals surface area (Å²) in [5.41, 5.74) is 0. The SMILES string of the molecule is CC/C=C\C/C=C\C/C=C\C/C=C\C/C=C\C/C=C\CCC(=O)OCC(COP(=O)(O)OCC(O)COP(=O)(O)OCC(COC(=O)CCCCCCC/C=C\C/C=C\C/C=C\CC)OC(=O)CCCCCCCCCCCCCCC)OC(=O)CCCCCCC/C=C\C/C=C\CCC. The molecule has 0 radical (unpaired) electrons. The molecule has 100 heavy (non-hydrogen) atoms. The number of aliphatic hydroxyl groups is 1. The molecule has 0 saturated heterocycles. The maximum atomic E-state index is 13.1. The van der Waals surface area contributed by atoms with E-state index in [9.17, 15) is 43.2 Å². The zero-order chi connectivity index (χ0) is 73.2. The Hall–Kier alpha value is -4.80. The number of hydrogen-bond acceptors (Lipinski definition) is 15. The zero-order valence-electron chi connectivity index (χ0n) is 62.3. The van der Waals surface area contributed by atoms with Crippen LogP contribution in [0.3, 0.4) is 0 Å². The van der Waals surface area contributed by atoms with Crippen molar-refractivity contribution >= 4 is 39.5 Å². The van der Waals surface area contributed by atoms with Gasteiger partial charge in [-0.3, -0.25) is 37.3 Å². The third kappa shape index (κ3) is 71.6. The highest BCUT2D eigenvalue weighted by Crippen LogP contribution is 2.45. The lowest BCUT2D eigenvalue weighted by molar-refractivity contribution is -0.161. The van der Waals surface area contributed by atoms with Crippen LogP contribution in [0.25, 0.3) is 0 Å². The molecule has 0 aliphatic rings. The number of phosphoric acid groups is 2. The summed E-state index contributed by atoms with van der Waals surface area (Å²) < 4.78 is 68.4. The number of phosphoric ester groups is 2. The van der Waals surface area contributed by atoms with Crippen molar-refractivity contribution in [1.82, 2.24) is 0 Å². The van der Waals surface area contributed by atoms with Gasteiger partial charge in [0.1, 0.15) is 19.3 Å². The van der Waals surface area contributed by atoms with E-state index >= 15 is 0 Å². The lowest BCUT2D eigenvalue weighted by atomic mass is 10.0. The average Bonchev–Trinajstić information content (AvgIpc) is 0.935. The van der Waals surface area contributed by atoms with Crippen molar-refractivity contribution in [2.45, 2.75) is 316 Å². The highest BCUT2D eigenvalue weighted by Gasteiger charge is 2.30. The van der Waals surface area contributed by atoms with E-state index in [2.05, 4.69) is 143 Å². The number of esters is 4. The summed E-state index contributed by atoms with van der Waals surface area (Å²) in [6.45, 7) is 4.46. The van der Waals surface area contributed by atoms with Crippen molar-refractivity contribution in [1.29, 1.82) is 0 Å². The fourth-order valence-electron chi connectivity index (χ4n) is 9.83. The first-order chi connectivity index (χ1) is 48.7. The second-order valence-electron chi connectivity index (χ2n) is 25.2. The van der Waals surface area contributed by atoms with Gasteiger partial charge < -0.3 is 33.8 Å². The van der Waals surface area contributed by atoms with E-state index in [-0.39, 0.29) is 25.7 Å². The summed E-state index contributed by atoms with van der Waals surface area (Å²) in [5, 5.41) is 10.6. The maximum Gasteiger partial charge on any atom is 0.472 e. The minimum Gasteiger partial charge on any atom is -0.462 e. The van der Waals surface area contributed by atoms with Gasteiger partial charge in [-0.1, -0.05) is 283 Å². The lowest BCUT2D eigenvalue weighted by Gasteiger charge is -2.21. The highest BCUT2D eigenvalue weighted by molar-refractivity contribution is 7.47. The Morgan fingerprint density at radius 2 is 0.560 bits per heavy atom. The van der Waals surface area contributed by atoms with Gasteiger partial charge >= 0.3 is 39.5 Å². The van der Waals surface area contributed by atoms with Crippen molar-refractivity contribution in [3.8, 4) is 0 Å². The number of rotatable bonds is 71. The van der Waals surface area contributed by atoms with Gasteiger partial charge in [-0.15, -0.1) is 0 Å². The van der Waals surface area contributed by atoms with E-state index in [1.807, 2.05) is 18.2 Å². The van der Waals surface area contributed by atoms with Crippen LogP contribution in [0.15, 0.2) is 134 Å². The van der Waals surface area contributed by atoms with Crippen molar-refractivity contribution in [2.75, 3.05) is 39.6 Å². The summed E-state index contributed by atoms with van der Waals surface area (Å²) in [6, 6.07) is 0. The van der Waals surface area contributed by atoms with E-state index in [1.165, 1.54) is 51.4 Å². The fraction of sp³-hybridized carbons (Fsp3) is 0.679. The lowest BCUT2D eigenvalue weighted by Crippen LogP contribution is -2.30. The topological polar surface area (TPSA) is 237 Å². The molecule has 0 aromatic carbocycles. The summed E-state index contributed by atoms with van der Waals surface area (Å²) >= 11 is 0. The molecule has 572 valence electrons.